The molecule has 0 spiro atoms. The number of nitrogens with zero attached hydrogens (tertiary/aromatic N) is 4. The van der Waals surface area contributed by atoms with Gasteiger partial charge >= 0.3 is 5.97 Å². The fourth-order valence-corrected chi connectivity index (χ4v) is 4.61. The summed E-state index contributed by atoms with van der Waals surface area (Å²) in [6.45, 7) is 4.85. The minimum absolute atomic E-state index is 0.171. The molecule has 33 heavy (non-hydrogen) atoms. The number of carboxylic acid groups (broad SMARTS) is 1. The lowest BCUT2D eigenvalue weighted by Gasteiger charge is -2.39. The predicted octanol–water partition coefficient (Wildman–Crippen LogP) is 3.83. The van der Waals surface area contributed by atoms with E-state index in [1.54, 1.807) is 25.3 Å². The molecule has 1 saturated heterocycles. The van der Waals surface area contributed by atoms with Crippen LogP contribution in [0.25, 0.3) is 16.6 Å². The number of alkyl halides is 3. The summed E-state index contributed by atoms with van der Waals surface area (Å²) < 4.78 is 41.2. The van der Waals surface area contributed by atoms with Crippen LogP contribution in [-0.2, 0) is 0 Å². The number of nitrogen functional groups attached to an aromatic ring is 1. The highest BCUT2D eigenvalue weighted by Gasteiger charge is 2.32. The second-order valence-corrected chi connectivity index (χ2v) is 8.28. The molecule has 0 aliphatic carbocycles. The lowest BCUT2D eigenvalue weighted by molar-refractivity contribution is -0.0688. The molecular weight excluding hydrogens is 435 g/mol. The molecule has 0 radical (unpaired) electrons. The Balaban J connectivity index is 1.73. The number of piperazine rings is 1. The molecule has 3 aromatic rings. The summed E-state index contributed by atoms with van der Waals surface area (Å²) in [6.07, 6.45) is -1.78. The van der Waals surface area contributed by atoms with Gasteiger partial charge in [0.2, 0.25) is 6.30 Å². The third-order valence-electron chi connectivity index (χ3n) is 6.43. The molecule has 3 N–H and O–H groups in total. The molecule has 176 valence electrons. The van der Waals surface area contributed by atoms with Crippen molar-refractivity contribution in [1.29, 1.82) is 0 Å². The molecule has 7 nitrogen and oxygen atoms in total. The number of hydrogen-bond acceptors (Lipinski definition) is 5. The number of carboxylic acids is 1. The van der Waals surface area contributed by atoms with Gasteiger partial charge in [0, 0.05) is 61.4 Å². The molecule has 2 atom stereocenters. The lowest BCUT2D eigenvalue weighted by Crippen LogP contribution is -2.51. The van der Waals surface area contributed by atoms with E-state index in [0.717, 1.165) is 21.7 Å². The maximum absolute atomic E-state index is 13.7. The van der Waals surface area contributed by atoms with Gasteiger partial charge in [0.15, 0.2) is 0 Å². The van der Waals surface area contributed by atoms with Gasteiger partial charge < -0.3 is 15.2 Å². The van der Waals surface area contributed by atoms with Crippen molar-refractivity contribution in [3.63, 3.8) is 0 Å². The van der Waals surface area contributed by atoms with Crippen molar-refractivity contribution >= 4 is 17.3 Å². The van der Waals surface area contributed by atoms with Gasteiger partial charge in [0.1, 0.15) is 5.82 Å². The van der Waals surface area contributed by atoms with Crippen LogP contribution in [0.3, 0.4) is 0 Å². The Hall–Kier alpha value is -3.11. The van der Waals surface area contributed by atoms with E-state index in [2.05, 4.69) is 9.88 Å². The van der Waals surface area contributed by atoms with E-state index in [-0.39, 0.29) is 24.7 Å². The fraction of sp³-hybridized carbons (Fsp3) is 0.391. The normalized spacial score (nSPS) is 17.5. The Morgan fingerprint density at radius 1 is 1.12 bits per heavy atom. The van der Waals surface area contributed by atoms with Gasteiger partial charge in [-0.15, -0.1) is 0 Å². The van der Waals surface area contributed by atoms with Crippen LogP contribution in [0.2, 0.25) is 0 Å². The number of fused-ring (bicyclic) bond motifs is 1. The number of rotatable bonds is 6. The van der Waals surface area contributed by atoms with Crippen molar-refractivity contribution in [3.8, 4) is 11.1 Å². The molecule has 4 heterocycles. The zero-order chi connectivity index (χ0) is 23.9. The highest BCUT2D eigenvalue weighted by Crippen LogP contribution is 2.34. The van der Waals surface area contributed by atoms with E-state index in [1.165, 1.54) is 0 Å². The third kappa shape index (κ3) is 4.28. The van der Waals surface area contributed by atoms with Crippen molar-refractivity contribution in [3.05, 3.63) is 53.5 Å². The molecular formula is C23H26F3N5O2. The second kappa shape index (κ2) is 9.03. The van der Waals surface area contributed by atoms with Gasteiger partial charge in [-0.2, -0.15) is 0 Å². The molecule has 10 heteroatoms. The molecule has 0 saturated carbocycles. The topological polar surface area (TPSA) is 87.1 Å². The van der Waals surface area contributed by atoms with Gasteiger partial charge in [-0.05, 0) is 43.7 Å². The Kier molecular flexibility index (Phi) is 6.31. The standard InChI is InChI=1S/C23H26F3N5O2/c1-13-17(23(32)33)11-18-16(15-3-4-19(27)28-12-15)5-6-31(18)20(13)14(2)29-7-9-30(10-8-29)22(26)21(24)25/h3-6,11-12,14,21-22H,7-10H2,1-2H3,(H2,27,28)(H,32,33). The molecule has 0 bridgehead atoms. The molecule has 2 unspecified atom stereocenters. The lowest BCUT2D eigenvalue weighted by atomic mass is 9.99. The highest BCUT2D eigenvalue weighted by atomic mass is 19.3. The summed E-state index contributed by atoms with van der Waals surface area (Å²) in [5.74, 6) is -0.645. The van der Waals surface area contributed by atoms with Crippen LogP contribution in [-0.4, -0.2) is 69.2 Å². The first-order valence-corrected chi connectivity index (χ1v) is 10.7. The van der Waals surface area contributed by atoms with E-state index in [1.807, 2.05) is 29.7 Å². The Labute approximate surface area is 189 Å². The van der Waals surface area contributed by atoms with Gasteiger partial charge in [-0.1, -0.05) is 0 Å². The van der Waals surface area contributed by atoms with Crippen molar-refractivity contribution in [2.45, 2.75) is 32.6 Å². The van der Waals surface area contributed by atoms with E-state index in [4.69, 9.17) is 5.73 Å². The predicted molar refractivity (Wildman–Crippen MR) is 119 cm³/mol. The summed E-state index contributed by atoms with van der Waals surface area (Å²) in [6, 6.07) is 6.84. The molecule has 0 amide bonds. The summed E-state index contributed by atoms with van der Waals surface area (Å²) in [5, 5.41) is 9.85. The quantitative estimate of drug-likeness (QED) is 0.543. The van der Waals surface area contributed by atoms with Crippen LogP contribution >= 0.6 is 0 Å². The first-order valence-electron chi connectivity index (χ1n) is 10.7. The minimum Gasteiger partial charge on any atom is -0.478 e. The molecule has 0 aromatic carbocycles. The average molecular weight is 461 g/mol. The Morgan fingerprint density at radius 2 is 1.79 bits per heavy atom. The number of halogens is 3. The van der Waals surface area contributed by atoms with Crippen molar-refractivity contribution in [2.24, 2.45) is 0 Å². The molecule has 1 fully saturated rings. The number of hydrogen-bond donors (Lipinski definition) is 2. The van der Waals surface area contributed by atoms with E-state index < -0.39 is 18.7 Å². The monoisotopic (exact) mass is 461 g/mol. The van der Waals surface area contributed by atoms with Crippen LogP contribution in [0.15, 0.2) is 36.7 Å². The first-order chi connectivity index (χ1) is 15.7. The smallest absolute Gasteiger partial charge is 0.336 e. The number of aromatic nitrogens is 2. The van der Waals surface area contributed by atoms with Gasteiger partial charge in [-0.3, -0.25) is 9.80 Å². The van der Waals surface area contributed by atoms with E-state index >= 15 is 0 Å². The van der Waals surface area contributed by atoms with E-state index in [0.29, 0.717) is 30.0 Å². The summed E-state index contributed by atoms with van der Waals surface area (Å²) in [5.41, 5.74) is 9.64. The zero-order valence-electron chi connectivity index (χ0n) is 18.4. The van der Waals surface area contributed by atoms with Crippen molar-refractivity contribution in [2.75, 3.05) is 31.9 Å². The Morgan fingerprint density at radius 3 is 2.36 bits per heavy atom. The van der Waals surface area contributed by atoms with Gasteiger partial charge in [0.25, 0.3) is 6.43 Å². The number of carbonyl (C=O) groups is 1. The maximum Gasteiger partial charge on any atom is 0.336 e. The van der Waals surface area contributed by atoms with Gasteiger partial charge in [0.05, 0.1) is 11.1 Å². The second-order valence-electron chi connectivity index (χ2n) is 8.28. The van der Waals surface area contributed by atoms with Crippen LogP contribution < -0.4 is 5.73 Å². The van der Waals surface area contributed by atoms with Crippen LogP contribution in [0.1, 0.15) is 34.6 Å². The molecule has 4 rings (SSSR count). The van der Waals surface area contributed by atoms with Gasteiger partial charge in [-0.25, -0.2) is 22.9 Å². The maximum atomic E-state index is 13.7. The minimum atomic E-state index is -3.04. The highest BCUT2D eigenvalue weighted by molar-refractivity contribution is 5.94. The number of aromatic carboxylic acids is 1. The number of anilines is 1. The summed E-state index contributed by atoms with van der Waals surface area (Å²) in [7, 11) is 0. The zero-order valence-corrected chi connectivity index (χ0v) is 18.4. The number of nitrogens with two attached hydrogens (primary N) is 1. The largest absolute Gasteiger partial charge is 0.478 e. The van der Waals surface area contributed by atoms with Crippen LogP contribution in [0, 0.1) is 6.92 Å². The SMILES string of the molecule is Cc1c(C(=O)O)cc2c(-c3ccc(N)nc3)ccn2c1C(C)N1CCN(C(F)C(F)F)CC1. The van der Waals surface area contributed by atoms with Crippen molar-refractivity contribution < 1.29 is 23.1 Å². The van der Waals surface area contributed by atoms with Crippen molar-refractivity contribution in [1.82, 2.24) is 19.2 Å². The fourth-order valence-electron chi connectivity index (χ4n) is 4.61. The summed E-state index contributed by atoms with van der Waals surface area (Å²) in [4.78, 5) is 19.4. The first kappa shape index (κ1) is 23.1. The van der Waals surface area contributed by atoms with Crippen LogP contribution in [0.5, 0.6) is 0 Å². The number of pyridine rings is 2. The summed E-state index contributed by atoms with van der Waals surface area (Å²) >= 11 is 0. The molecule has 1 aliphatic rings. The van der Waals surface area contributed by atoms with Crippen LogP contribution in [0.4, 0.5) is 19.0 Å². The molecule has 1 aliphatic heterocycles. The third-order valence-corrected chi connectivity index (χ3v) is 6.43. The molecule has 3 aromatic heterocycles. The Bertz CT molecular complexity index is 1160. The average Bonchev–Trinajstić information content (AvgIpc) is 3.21. The van der Waals surface area contributed by atoms with E-state index in [9.17, 15) is 23.1 Å².